The molecule has 0 aliphatic carbocycles. The molecule has 1 aliphatic rings. The van der Waals surface area contributed by atoms with E-state index in [9.17, 15) is 8.42 Å². The van der Waals surface area contributed by atoms with Crippen molar-refractivity contribution in [3.8, 4) is 0 Å². The Hall–Kier alpha value is -0.550. The monoisotopic (exact) mass is 331 g/mol. The summed E-state index contributed by atoms with van der Waals surface area (Å²) in [6.45, 7) is 3.30. The minimum atomic E-state index is -3.10. The van der Waals surface area contributed by atoms with Crippen molar-refractivity contribution in [1.82, 2.24) is 0 Å². The van der Waals surface area contributed by atoms with Crippen molar-refractivity contribution >= 4 is 31.5 Å². The number of benzene rings is 1. The van der Waals surface area contributed by atoms with Gasteiger partial charge in [-0.05, 0) is 36.6 Å². The van der Waals surface area contributed by atoms with Crippen molar-refractivity contribution in [3.05, 3.63) is 24.3 Å². The molecule has 1 aromatic rings. The highest BCUT2D eigenvalue weighted by Gasteiger charge is 2.30. The minimum absolute atomic E-state index is 0.383. The van der Waals surface area contributed by atoms with Crippen LogP contribution in [-0.4, -0.2) is 32.6 Å². The molecular formula is C13H18BrNO2S. The molecule has 0 spiro atoms. The molecule has 2 rings (SSSR count). The molecule has 0 radical (unpaired) electrons. The third-order valence-corrected chi connectivity index (χ3v) is 5.43. The Morgan fingerprint density at radius 3 is 2.44 bits per heavy atom. The zero-order chi connectivity index (χ0) is 13.3. The maximum absolute atomic E-state index is 11.4. The lowest BCUT2D eigenvalue weighted by atomic mass is 10.1. The van der Waals surface area contributed by atoms with Gasteiger partial charge in [-0.3, -0.25) is 0 Å². The third kappa shape index (κ3) is 2.72. The SMILES string of the molecule is CC1CCN(c2ccc(S(C)(=O)=O)cc2)C1CBr. The number of hydrogen-bond donors (Lipinski definition) is 0. The fourth-order valence-corrected chi connectivity index (χ4v) is 4.07. The van der Waals surface area contributed by atoms with Gasteiger partial charge in [0.15, 0.2) is 9.84 Å². The summed E-state index contributed by atoms with van der Waals surface area (Å²) in [5.74, 6) is 0.666. The van der Waals surface area contributed by atoms with Crippen LogP contribution in [0.15, 0.2) is 29.2 Å². The summed E-state index contributed by atoms with van der Waals surface area (Å²) >= 11 is 3.56. The van der Waals surface area contributed by atoms with Crippen LogP contribution < -0.4 is 4.90 Å². The number of nitrogens with zero attached hydrogens (tertiary/aromatic N) is 1. The largest absolute Gasteiger partial charge is 0.367 e. The molecule has 0 saturated carbocycles. The molecule has 3 nitrogen and oxygen atoms in total. The number of sulfone groups is 1. The van der Waals surface area contributed by atoms with E-state index in [1.54, 1.807) is 12.1 Å². The van der Waals surface area contributed by atoms with Crippen LogP contribution in [0.4, 0.5) is 5.69 Å². The normalized spacial score (nSPS) is 24.5. The zero-order valence-corrected chi connectivity index (χ0v) is 13.0. The summed E-state index contributed by atoms with van der Waals surface area (Å²) in [6.07, 6.45) is 2.42. The summed E-state index contributed by atoms with van der Waals surface area (Å²) in [5.41, 5.74) is 1.11. The van der Waals surface area contributed by atoms with Crippen LogP contribution in [0.1, 0.15) is 13.3 Å². The zero-order valence-electron chi connectivity index (χ0n) is 10.6. The molecule has 1 aliphatic heterocycles. The molecule has 2 unspecified atom stereocenters. The first kappa shape index (κ1) is 13.9. The fraction of sp³-hybridized carbons (Fsp3) is 0.538. The number of halogens is 1. The van der Waals surface area contributed by atoms with Gasteiger partial charge in [0.05, 0.1) is 4.90 Å². The minimum Gasteiger partial charge on any atom is -0.367 e. The number of alkyl halides is 1. The fourth-order valence-electron chi connectivity index (χ4n) is 2.45. The lowest BCUT2D eigenvalue weighted by Crippen LogP contribution is -2.33. The van der Waals surface area contributed by atoms with Crippen LogP contribution in [0.2, 0.25) is 0 Å². The van der Waals surface area contributed by atoms with Gasteiger partial charge in [0, 0.05) is 29.9 Å². The predicted molar refractivity (Wildman–Crippen MR) is 78.3 cm³/mol. The Morgan fingerprint density at radius 1 is 1.33 bits per heavy atom. The first-order valence-corrected chi connectivity index (χ1v) is 9.07. The molecule has 0 amide bonds. The molecule has 0 aromatic heterocycles. The van der Waals surface area contributed by atoms with Gasteiger partial charge in [-0.25, -0.2) is 8.42 Å². The van der Waals surface area contributed by atoms with Crippen molar-refractivity contribution in [2.24, 2.45) is 5.92 Å². The van der Waals surface area contributed by atoms with Crippen LogP contribution in [-0.2, 0) is 9.84 Å². The van der Waals surface area contributed by atoms with Gasteiger partial charge in [-0.15, -0.1) is 0 Å². The van der Waals surface area contributed by atoms with E-state index in [2.05, 4.69) is 27.8 Å². The summed E-state index contributed by atoms with van der Waals surface area (Å²) in [5, 5.41) is 0.946. The number of hydrogen-bond acceptors (Lipinski definition) is 3. The quantitative estimate of drug-likeness (QED) is 0.799. The first-order valence-electron chi connectivity index (χ1n) is 6.06. The molecule has 1 fully saturated rings. The second kappa shape index (κ2) is 5.21. The van der Waals surface area contributed by atoms with Crippen LogP contribution in [0.5, 0.6) is 0 Å². The highest BCUT2D eigenvalue weighted by Crippen LogP contribution is 2.31. The van der Waals surface area contributed by atoms with Gasteiger partial charge in [-0.2, -0.15) is 0 Å². The van der Waals surface area contributed by atoms with Crippen LogP contribution in [0.25, 0.3) is 0 Å². The van der Waals surface area contributed by atoms with E-state index in [1.165, 1.54) is 12.7 Å². The topological polar surface area (TPSA) is 37.4 Å². The van der Waals surface area contributed by atoms with Crippen LogP contribution >= 0.6 is 15.9 Å². The molecule has 100 valence electrons. The second-order valence-corrected chi connectivity index (χ2v) is 7.61. The molecule has 5 heteroatoms. The number of anilines is 1. The maximum Gasteiger partial charge on any atom is 0.175 e. The average molecular weight is 332 g/mol. The summed E-state index contributed by atoms with van der Waals surface area (Å²) in [4.78, 5) is 2.74. The molecule has 2 atom stereocenters. The molecular weight excluding hydrogens is 314 g/mol. The Balaban J connectivity index is 2.25. The average Bonchev–Trinajstić information content (AvgIpc) is 2.69. The van der Waals surface area contributed by atoms with Crippen molar-refractivity contribution in [3.63, 3.8) is 0 Å². The van der Waals surface area contributed by atoms with E-state index in [-0.39, 0.29) is 0 Å². The smallest absolute Gasteiger partial charge is 0.175 e. The van der Waals surface area contributed by atoms with Crippen molar-refractivity contribution in [1.29, 1.82) is 0 Å². The van der Waals surface area contributed by atoms with E-state index >= 15 is 0 Å². The standard InChI is InChI=1S/C13H18BrNO2S/c1-10-7-8-15(13(10)9-14)11-3-5-12(6-4-11)18(2,16)17/h3-6,10,13H,7-9H2,1-2H3. The van der Waals surface area contributed by atoms with E-state index in [1.807, 2.05) is 12.1 Å². The second-order valence-electron chi connectivity index (χ2n) is 4.95. The molecule has 1 aromatic carbocycles. The molecule has 1 heterocycles. The third-order valence-electron chi connectivity index (χ3n) is 3.64. The van der Waals surface area contributed by atoms with Gasteiger partial charge in [0.2, 0.25) is 0 Å². The number of rotatable bonds is 3. The van der Waals surface area contributed by atoms with E-state index in [0.717, 1.165) is 17.6 Å². The molecule has 0 bridgehead atoms. The Morgan fingerprint density at radius 2 is 1.94 bits per heavy atom. The van der Waals surface area contributed by atoms with E-state index < -0.39 is 9.84 Å². The highest BCUT2D eigenvalue weighted by molar-refractivity contribution is 9.09. The van der Waals surface area contributed by atoms with Crippen LogP contribution in [0, 0.1) is 5.92 Å². The summed E-state index contributed by atoms with van der Waals surface area (Å²) in [6, 6.07) is 7.69. The van der Waals surface area contributed by atoms with Gasteiger partial charge in [0.25, 0.3) is 0 Å². The molecule has 1 saturated heterocycles. The van der Waals surface area contributed by atoms with E-state index in [0.29, 0.717) is 16.9 Å². The van der Waals surface area contributed by atoms with E-state index in [4.69, 9.17) is 0 Å². The maximum atomic E-state index is 11.4. The lowest BCUT2D eigenvalue weighted by Gasteiger charge is -2.27. The Labute approximate surface area is 117 Å². The van der Waals surface area contributed by atoms with Crippen molar-refractivity contribution in [2.75, 3.05) is 23.0 Å². The van der Waals surface area contributed by atoms with Gasteiger partial charge in [-0.1, -0.05) is 22.9 Å². The highest BCUT2D eigenvalue weighted by atomic mass is 79.9. The van der Waals surface area contributed by atoms with Crippen molar-refractivity contribution < 1.29 is 8.42 Å². The first-order chi connectivity index (χ1) is 8.43. The van der Waals surface area contributed by atoms with Gasteiger partial charge < -0.3 is 4.90 Å². The molecule has 18 heavy (non-hydrogen) atoms. The lowest BCUT2D eigenvalue weighted by molar-refractivity contribution is 0.554. The van der Waals surface area contributed by atoms with Gasteiger partial charge in [0.1, 0.15) is 0 Å². The Kier molecular flexibility index (Phi) is 4.02. The predicted octanol–water partition coefficient (Wildman–Crippen LogP) is 2.70. The van der Waals surface area contributed by atoms with Gasteiger partial charge >= 0.3 is 0 Å². The van der Waals surface area contributed by atoms with Crippen molar-refractivity contribution in [2.45, 2.75) is 24.3 Å². The summed E-state index contributed by atoms with van der Waals surface area (Å²) < 4.78 is 22.8. The van der Waals surface area contributed by atoms with Crippen LogP contribution in [0.3, 0.4) is 0 Å². The molecule has 0 N–H and O–H groups in total. The Bertz CT molecular complexity index is 512. The summed E-state index contributed by atoms with van der Waals surface area (Å²) in [7, 11) is -3.10.